The minimum absolute atomic E-state index is 0.0192. The molecule has 2 unspecified atom stereocenters. The second-order valence-electron chi connectivity index (χ2n) is 25.1. The lowest BCUT2D eigenvalue weighted by atomic mass is 9.93. The van der Waals surface area contributed by atoms with Gasteiger partial charge < -0.3 is 27.5 Å². The molecule has 4 aromatic carbocycles. The number of cyclic esters (lactones) is 1. The lowest BCUT2D eigenvalue weighted by Crippen LogP contribution is -2.69. The number of allylic oxidation sites excluding steroid dienone is 2. The first-order chi connectivity index (χ1) is 35.0. The van der Waals surface area contributed by atoms with Gasteiger partial charge in [-0.05, 0) is 99.0 Å². The fourth-order valence-electron chi connectivity index (χ4n) is 11.5. The zero-order valence-corrected chi connectivity index (χ0v) is 50.1. The van der Waals surface area contributed by atoms with E-state index in [2.05, 4.69) is 228 Å². The Kier molecular flexibility index (Phi) is 19.0. The summed E-state index contributed by atoms with van der Waals surface area (Å²) in [7, 11) is -8.31. The quantitative estimate of drug-likeness (QED) is 0.0842. The fraction of sp³-hybridized carbons (Fsp3) is 0.516. The van der Waals surface area contributed by atoms with Crippen LogP contribution in [0.1, 0.15) is 121 Å². The van der Waals surface area contributed by atoms with Crippen LogP contribution in [0.4, 0.5) is 0 Å². The first-order valence-corrected chi connectivity index (χ1v) is 34.3. The third kappa shape index (κ3) is 13.7. The summed E-state index contributed by atoms with van der Waals surface area (Å²) in [6.45, 7) is 30.0. The molecule has 2 saturated heterocycles. The maximum absolute atomic E-state index is 14.7. The van der Waals surface area contributed by atoms with Gasteiger partial charge in [0.15, 0.2) is 8.32 Å². The van der Waals surface area contributed by atoms with Gasteiger partial charge in [-0.3, -0.25) is 0 Å². The summed E-state index contributed by atoms with van der Waals surface area (Å²) in [5.74, 6) is 6.93. The topological polar surface area (TPSA) is 72.5 Å². The molecule has 2 fully saturated rings. The molecule has 3 aliphatic rings. The van der Waals surface area contributed by atoms with Gasteiger partial charge in [0.2, 0.25) is 0 Å². The van der Waals surface area contributed by atoms with Gasteiger partial charge in [0, 0.05) is 25.0 Å². The Morgan fingerprint density at radius 1 is 0.595 bits per heavy atom. The van der Waals surface area contributed by atoms with Crippen LogP contribution >= 0.6 is 0 Å². The van der Waals surface area contributed by atoms with Crippen molar-refractivity contribution in [3.63, 3.8) is 0 Å². The molecule has 398 valence electrons. The molecule has 74 heavy (non-hydrogen) atoms. The van der Waals surface area contributed by atoms with Crippen LogP contribution in [-0.4, -0.2) is 80.3 Å². The largest absolute Gasteiger partial charge is 0.457 e. The molecule has 9 atom stereocenters. The first-order valence-electron chi connectivity index (χ1n) is 27.6. The number of hydrogen-bond acceptors (Lipinski definition) is 7. The van der Waals surface area contributed by atoms with Gasteiger partial charge in [-0.25, -0.2) is 4.79 Å². The Morgan fingerprint density at radius 3 is 1.62 bits per heavy atom. The molecule has 0 radical (unpaired) electrons. The van der Waals surface area contributed by atoms with Crippen LogP contribution in [0.15, 0.2) is 146 Å². The van der Waals surface area contributed by atoms with Crippen molar-refractivity contribution in [2.45, 2.75) is 192 Å². The van der Waals surface area contributed by atoms with Crippen LogP contribution in [-0.2, 0) is 32.3 Å². The monoisotopic (exact) mass is 1050 g/mol. The molecule has 10 heteroatoms. The fourth-order valence-corrected chi connectivity index (χ4v) is 22.2. The average molecular weight is 1050 g/mol. The second kappa shape index (κ2) is 24.4. The van der Waals surface area contributed by atoms with Gasteiger partial charge in [-0.15, -0.1) is 0 Å². The Bertz CT molecular complexity index is 2440. The average Bonchev–Trinajstić information content (AvgIpc) is 3.72. The third-order valence-corrected chi connectivity index (χ3v) is 30.9. The van der Waals surface area contributed by atoms with Crippen molar-refractivity contribution in [1.29, 1.82) is 0 Å². The number of esters is 1. The molecular weight excluding hydrogens is 965 g/mol. The van der Waals surface area contributed by atoms with Crippen LogP contribution < -0.4 is 20.7 Å². The predicted molar refractivity (Wildman–Crippen MR) is 312 cm³/mol. The van der Waals surface area contributed by atoms with Crippen LogP contribution in [0.3, 0.4) is 0 Å². The molecule has 7 nitrogen and oxygen atoms in total. The number of fused-ring (bicyclic) bond motifs is 4. The Hall–Kier alpha value is -4.16. The highest BCUT2D eigenvalue weighted by atomic mass is 28.4. The van der Waals surface area contributed by atoms with E-state index < -0.39 is 43.1 Å². The first kappa shape index (κ1) is 57.5. The molecule has 0 amide bonds. The van der Waals surface area contributed by atoms with E-state index >= 15 is 0 Å². The smallest absolute Gasteiger partial charge is 0.330 e. The highest BCUT2D eigenvalue weighted by Gasteiger charge is 2.55. The summed E-state index contributed by atoms with van der Waals surface area (Å²) in [5.41, 5.74) is 0. The standard InChI is InChI=1S/C64H88O7Si3/c1-48-30-19-14-28-40-58-49(2)43-59(69-58)60(71-74(64(9,10)11,56-36-24-17-25-37-56)57-38-26-18-27-39-57)46-53(47-66-73(63(6,7)8,54-32-20-15-21-33-54)55-34-22-16-23-35-55)68-61(65)41-29-31-50-44-52(45-51(42-48)67-50)70-72(12,13)62(3,4)5/h15-27,29-30,32-39,41,48-53,58-60H,31,40,42-47H2,1-13H3/b30-19+,41-29+/t48-,49+,50-,51+,52+,53+,58?,59?,60+/m0/s1. The summed E-state index contributed by atoms with van der Waals surface area (Å²) in [5, 5.41) is 4.15. The van der Waals surface area contributed by atoms with Gasteiger partial charge in [0.1, 0.15) is 6.10 Å². The molecule has 0 aliphatic carbocycles. The van der Waals surface area contributed by atoms with Crippen molar-refractivity contribution in [3.05, 3.63) is 146 Å². The van der Waals surface area contributed by atoms with Crippen molar-refractivity contribution in [3.8, 4) is 11.8 Å². The normalized spacial score (nSPS) is 26.9. The molecule has 0 spiro atoms. The van der Waals surface area contributed by atoms with E-state index in [-0.39, 0.29) is 64.1 Å². The van der Waals surface area contributed by atoms with Crippen molar-refractivity contribution >= 4 is 51.7 Å². The third-order valence-electron chi connectivity index (χ3n) is 16.3. The van der Waals surface area contributed by atoms with E-state index in [1.165, 1.54) is 10.4 Å². The summed E-state index contributed by atoms with van der Waals surface area (Å²) < 4.78 is 43.8. The highest BCUT2D eigenvalue weighted by Crippen LogP contribution is 2.43. The summed E-state index contributed by atoms with van der Waals surface area (Å²) in [4.78, 5) is 14.7. The highest BCUT2D eigenvalue weighted by molar-refractivity contribution is 7.00. The van der Waals surface area contributed by atoms with E-state index in [1.54, 1.807) is 6.08 Å². The zero-order chi connectivity index (χ0) is 53.4. The van der Waals surface area contributed by atoms with Crippen molar-refractivity contribution in [2.75, 3.05) is 6.61 Å². The van der Waals surface area contributed by atoms with Crippen molar-refractivity contribution < 1.29 is 32.3 Å². The van der Waals surface area contributed by atoms with Crippen LogP contribution in [0, 0.1) is 23.7 Å². The molecule has 3 heterocycles. The van der Waals surface area contributed by atoms with E-state index in [0.717, 1.165) is 36.1 Å². The molecular formula is C64H88O7Si3. The maximum Gasteiger partial charge on any atom is 0.330 e. The summed E-state index contributed by atoms with van der Waals surface area (Å²) >= 11 is 0. The molecule has 7 rings (SSSR count). The number of carbonyl (C=O) groups excluding carboxylic acids is 1. The predicted octanol–water partition coefficient (Wildman–Crippen LogP) is 12.5. The molecule has 0 N–H and O–H groups in total. The van der Waals surface area contributed by atoms with Crippen LogP contribution in [0.5, 0.6) is 0 Å². The minimum Gasteiger partial charge on any atom is -0.457 e. The van der Waals surface area contributed by atoms with Gasteiger partial charge in [-0.2, -0.15) is 0 Å². The Labute approximate surface area is 449 Å². The minimum atomic E-state index is -3.17. The van der Waals surface area contributed by atoms with Crippen molar-refractivity contribution in [2.24, 2.45) is 11.8 Å². The number of rotatable bonds is 11. The lowest BCUT2D eigenvalue weighted by Gasteiger charge is -2.47. The molecule has 4 aromatic rings. The van der Waals surface area contributed by atoms with Gasteiger partial charge in [0.25, 0.3) is 16.6 Å². The van der Waals surface area contributed by atoms with Crippen LogP contribution in [0.25, 0.3) is 0 Å². The molecule has 0 saturated carbocycles. The SMILES string of the molecule is C[C@@H]1CC2OC1CC#C/C=C/[C@H](C)C[C@@H]1C[C@H](O[Si](C)(C)C(C)(C)C)C[C@H](C/C=C/C(=O)O[C@@H](CO[Si](c3ccccc3)(c3ccccc3)C(C)(C)C)C[C@H]2O[Si](c2ccccc2)(c2ccccc2)C(C)(C)C)O1. The number of hydrogen-bond donors (Lipinski definition) is 0. The van der Waals surface area contributed by atoms with E-state index in [9.17, 15) is 4.79 Å². The second-order valence-corrected chi connectivity index (χ2v) is 38.4. The molecule has 4 bridgehead atoms. The molecule has 3 aliphatic heterocycles. The number of benzene rings is 4. The van der Waals surface area contributed by atoms with E-state index in [4.69, 9.17) is 27.5 Å². The van der Waals surface area contributed by atoms with E-state index in [0.29, 0.717) is 19.3 Å². The van der Waals surface area contributed by atoms with Crippen LogP contribution in [0.2, 0.25) is 28.2 Å². The summed E-state index contributed by atoms with van der Waals surface area (Å²) in [6.07, 6.45) is 11.0. The van der Waals surface area contributed by atoms with Crippen molar-refractivity contribution in [1.82, 2.24) is 0 Å². The summed E-state index contributed by atoms with van der Waals surface area (Å²) in [6, 6.07) is 42.9. The number of carbonyl (C=O) groups is 1. The number of ether oxygens (including phenoxy) is 3. The van der Waals surface area contributed by atoms with E-state index in [1.807, 2.05) is 12.2 Å². The molecule has 0 aromatic heterocycles. The Balaban J connectivity index is 1.33. The zero-order valence-electron chi connectivity index (χ0n) is 47.1. The lowest BCUT2D eigenvalue weighted by molar-refractivity contribution is -0.147. The van der Waals surface area contributed by atoms with Gasteiger partial charge in [0.05, 0.1) is 37.1 Å². The maximum atomic E-state index is 14.7. The Morgan fingerprint density at radius 2 is 1.11 bits per heavy atom. The van der Waals surface area contributed by atoms with Gasteiger partial charge >= 0.3 is 5.97 Å². The van der Waals surface area contributed by atoms with Gasteiger partial charge in [-0.1, -0.05) is 221 Å².